The number of hydrogen-bond donors (Lipinski definition) is 0. The first-order valence-electron chi connectivity index (χ1n) is 4.13. The van der Waals surface area contributed by atoms with E-state index >= 15 is 0 Å². The van der Waals surface area contributed by atoms with Gasteiger partial charge in [-0.3, -0.25) is 0 Å². The summed E-state index contributed by atoms with van der Waals surface area (Å²) in [7, 11) is 1.70. The van der Waals surface area contributed by atoms with Crippen molar-refractivity contribution in [3.63, 3.8) is 0 Å². The SMILES string of the molecule is CCC[Se]c1ccc(OC)cc1. The Balaban J connectivity index is 2.53. The third-order valence-electron chi connectivity index (χ3n) is 1.53. The molecule has 1 aromatic rings. The maximum absolute atomic E-state index is 5.08. The predicted molar refractivity (Wildman–Crippen MR) is 53.5 cm³/mol. The molecule has 0 atom stereocenters. The van der Waals surface area contributed by atoms with E-state index in [-0.39, 0.29) is 0 Å². The summed E-state index contributed by atoms with van der Waals surface area (Å²) in [5, 5.41) is 1.33. The van der Waals surface area contributed by atoms with Crippen molar-refractivity contribution in [3.05, 3.63) is 24.3 Å². The average Bonchev–Trinajstić information content (AvgIpc) is 2.15. The first-order chi connectivity index (χ1) is 5.86. The van der Waals surface area contributed by atoms with Crippen molar-refractivity contribution in [1.82, 2.24) is 0 Å². The molecular formula is C10H14OSe. The van der Waals surface area contributed by atoms with Crippen LogP contribution in [0.5, 0.6) is 5.75 Å². The third kappa shape index (κ3) is 2.88. The Morgan fingerprint density at radius 2 is 1.92 bits per heavy atom. The molecule has 12 heavy (non-hydrogen) atoms. The quantitative estimate of drug-likeness (QED) is 0.716. The van der Waals surface area contributed by atoms with Gasteiger partial charge in [0.25, 0.3) is 0 Å². The summed E-state index contributed by atoms with van der Waals surface area (Å²) in [4.78, 5) is 0. The number of hydrogen-bond acceptors (Lipinski definition) is 1. The number of benzene rings is 1. The zero-order valence-electron chi connectivity index (χ0n) is 7.54. The maximum atomic E-state index is 5.08. The topological polar surface area (TPSA) is 9.23 Å². The molecule has 1 nitrogen and oxygen atoms in total. The molecule has 0 aliphatic rings. The summed E-state index contributed by atoms with van der Waals surface area (Å²) < 4.78 is 6.54. The second-order valence-electron chi connectivity index (χ2n) is 2.52. The van der Waals surface area contributed by atoms with Crippen LogP contribution in [0.3, 0.4) is 0 Å². The van der Waals surface area contributed by atoms with Crippen molar-refractivity contribution in [2.24, 2.45) is 0 Å². The monoisotopic (exact) mass is 230 g/mol. The van der Waals surface area contributed by atoms with Crippen LogP contribution in [0.25, 0.3) is 0 Å². The van der Waals surface area contributed by atoms with Crippen LogP contribution in [0.15, 0.2) is 24.3 Å². The van der Waals surface area contributed by atoms with Crippen LogP contribution in [-0.2, 0) is 0 Å². The fraction of sp³-hybridized carbons (Fsp3) is 0.400. The van der Waals surface area contributed by atoms with Crippen molar-refractivity contribution in [1.29, 1.82) is 0 Å². The molecule has 0 heterocycles. The standard InChI is InChI=1S/C10H14OSe/c1-3-8-12-10-6-4-9(11-2)5-7-10/h4-7H,3,8H2,1-2H3. The zero-order valence-corrected chi connectivity index (χ0v) is 9.25. The molecule has 0 bridgehead atoms. The Morgan fingerprint density at radius 1 is 1.25 bits per heavy atom. The Labute approximate surface area is 80.3 Å². The third-order valence-corrected chi connectivity index (χ3v) is 4.09. The van der Waals surface area contributed by atoms with E-state index < -0.39 is 0 Å². The first kappa shape index (κ1) is 9.63. The van der Waals surface area contributed by atoms with Gasteiger partial charge in [0, 0.05) is 0 Å². The molecule has 0 aliphatic carbocycles. The van der Waals surface area contributed by atoms with Gasteiger partial charge in [-0.05, 0) is 0 Å². The van der Waals surface area contributed by atoms with Gasteiger partial charge in [0.1, 0.15) is 0 Å². The van der Waals surface area contributed by atoms with Gasteiger partial charge < -0.3 is 0 Å². The molecule has 0 N–H and O–H groups in total. The minimum absolute atomic E-state index is 0.654. The predicted octanol–water partition coefficient (Wildman–Crippen LogP) is 1.85. The van der Waals surface area contributed by atoms with E-state index in [1.165, 1.54) is 16.2 Å². The Bertz CT molecular complexity index is 218. The summed E-state index contributed by atoms with van der Waals surface area (Å²) in [5.74, 6) is 0.950. The molecule has 1 rings (SSSR count). The van der Waals surface area contributed by atoms with Crippen LogP contribution < -0.4 is 9.20 Å². The van der Waals surface area contributed by atoms with Gasteiger partial charge in [0.15, 0.2) is 0 Å². The van der Waals surface area contributed by atoms with Crippen LogP contribution in [0.1, 0.15) is 13.3 Å². The second kappa shape index (κ2) is 5.23. The van der Waals surface area contributed by atoms with Crippen molar-refractivity contribution in [3.8, 4) is 5.75 Å². The van der Waals surface area contributed by atoms with Gasteiger partial charge >= 0.3 is 79.9 Å². The second-order valence-corrected chi connectivity index (χ2v) is 4.98. The Morgan fingerprint density at radius 3 is 2.42 bits per heavy atom. The molecule has 2 heteroatoms. The first-order valence-corrected chi connectivity index (χ1v) is 6.20. The molecule has 0 spiro atoms. The molecular weight excluding hydrogens is 215 g/mol. The van der Waals surface area contributed by atoms with E-state index in [1.807, 2.05) is 12.1 Å². The van der Waals surface area contributed by atoms with Gasteiger partial charge in [-0.2, -0.15) is 0 Å². The summed E-state index contributed by atoms with van der Waals surface area (Å²) >= 11 is 0.654. The van der Waals surface area contributed by atoms with E-state index in [0.29, 0.717) is 15.0 Å². The van der Waals surface area contributed by atoms with Crippen molar-refractivity contribution < 1.29 is 4.74 Å². The fourth-order valence-electron chi connectivity index (χ4n) is 0.892. The van der Waals surface area contributed by atoms with Gasteiger partial charge in [-0.1, -0.05) is 0 Å². The van der Waals surface area contributed by atoms with Crippen LogP contribution in [-0.4, -0.2) is 22.1 Å². The molecule has 0 fully saturated rings. The van der Waals surface area contributed by atoms with E-state index in [0.717, 1.165) is 5.75 Å². The van der Waals surface area contributed by atoms with Gasteiger partial charge in [-0.25, -0.2) is 0 Å². The summed E-state index contributed by atoms with van der Waals surface area (Å²) in [6.07, 6.45) is 1.28. The van der Waals surface area contributed by atoms with E-state index in [2.05, 4.69) is 19.1 Å². The summed E-state index contributed by atoms with van der Waals surface area (Å²) in [6.45, 7) is 2.23. The van der Waals surface area contributed by atoms with Crippen molar-refractivity contribution in [2.75, 3.05) is 7.11 Å². The van der Waals surface area contributed by atoms with Gasteiger partial charge in [0.2, 0.25) is 0 Å². The van der Waals surface area contributed by atoms with Crippen LogP contribution >= 0.6 is 0 Å². The summed E-state index contributed by atoms with van der Waals surface area (Å²) in [5.41, 5.74) is 0. The van der Waals surface area contributed by atoms with Gasteiger partial charge in [0.05, 0.1) is 0 Å². The molecule has 66 valence electrons. The fourth-order valence-corrected chi connectivity index (χ4v) is 2.50. The molecule has 0 unspecified atom stereocenters. The number of rotatable bonds is 4. The minimum atomic E-state index is 0.654. The van der Waals surface area contributed by atoms with Crippen LogP contribution in [0.2, 0.25) is 5.32 Å². The molecule has 0 aromatic heterocycles. The molecule has 0 amide bonds. The van der Waals surface area contributed by atoms with E-state index in [4.69, 9.17) is 4.74 Å². The Hall–Kier alpha value is -0.461. The van der Waals surface area contributed by atoms with Gasteiger partial charge in [-0.15, -0.1) is 0 Å². The molecule has 0 radical (unpaired) electrons. The Kier molecular flexibility index (Phi) is 4.20. The molecule has 0 aliphatic heterocycles. The normalized spacial score (nSPS) is 9.83. The molecule has 0 saturated heterocycles. The van der Waals surface area contributed by atoms with E-state index in [1.54, 1.807) is 7.11 Å². The van der Waals surface area contributed by atoms with Crippen LogP contribution in [0.4, 0.5) is 0 Å². The summed E-state index contributed by atoms with van der Waals surface area (Å²) in [6, 6.07) is 8.39. The van der Waals surface area contributed by atoms with Crippen molar-refractivity contribution >= 4 is 19.4 Å². The number of methoxy groups -OCH3 is 1. The zero-order chi connectivity index (χ0) is 8.81. The molecule has 0 saturated carbocycles. The average molecular weight is 229 g/mol. The van der Waals surface area contributed by atoms with E-state index in [9.17, 15) is 0 Å². The van der Waals surface area contributed by atoms with Crippen LogP contribution in [0, 0.1) is 0 Å². The molecule has 1 aromatic carbocycles. The number of ether oxygens (including phenoxy) is 1. The van der Waals surface area contributed by atoms with Crippen molar-refractivity contribution in [2.45, 2.75) is 18.7 Å².